The second-order valence-corrected chi connectivity index (χ2v) is 12.5. The van der Waals surface area contributed by atoms with Crippen molar-refractivity contribution < 1.29 is 0 Å². The summed E-state index contributed by atoms with van der Waals surface area (Å²) in [5.41, 5.74) is 0.671. The Hall–Kier alpha value is -0.820. The van der Waals surface area contributed by atoms with Gasteiger partial charge in [-0.1, -0.05) is 114 Å². The van der Waals surface area contributed by atoms with Crippen molar-refractivity contribution >= 4 is 0 Å². The van der Waals surface area contributed by atoms with E-state index in [-0.39, 0.29) is 0 Å². The van der Waals surface area contributed by atoms with Crippen molar-refractivity contribution in [1.82, 2.24) is 4.90 Å². The lowest BCUT2D eigenvalue weighted by molar-refractivity contribution is 0.0938. The van der Waals surface area contributed by atoms with Crippen LogP contribution < -0.4 is 0 Å². The molecule has 1 aliphatic carbocycles. The number of allylic oxidation sites excluding steroid dienone is 5. The molecule has 0 amide bonds. The van der Waals surface area contributed by atoms with Gasteiger partial charge >= 0.3 is 0 Å². The summed E-state index contributed by atoms with van der Waals surface area (Å²) in [7, 11) is 4.57. The van der Waals surface area contributed by atoms with Gasteiger partial charge in [-0.3, -0.25) is 0 Å². The van der Waals surface area contributed by atoms with Crippen LogP contribution in [-0.2, 0) is 0 Å². The fourth-order valence-electron chi connectivity index (χ4n) is 6.34. The molecular weight excluding hydrogens is 446 g/mol. The lowest BCUT2D eigenvalue weighted by Gasteiger charge is -2.42. The van der Waals surface area contributed by atoms with Gasteiger partial charge in [-0.15, -0.1) is 6.58 Å². The smallest absolute Gasteiger partial charge is 0.00895 e. The largest absolute Gasteiger partial charge is 0.306 e. The Morgan fingerprint density at radius 3 is 1.57 bits per heavy atom. The number of hydrogen-bond donors (Lipinski definition) is 0. The molecule has 0 unspecified atom stereocenters. The second kappa shape index (κ2) is 24.2. The van der Waals surface area contributed by atoms with E-state index in [1.165, 1.54) is 154 Å². The maximum atomic E-state index is 3.85. The molecule has 216 valence electrons. The molecule has 0 aliphatic heterocycles. The van der Waals surface area contributed by atoms with Crippen LogP contribution in [0.2, 0.25) is 0 Å². The quantitative estimate of drug-likeness (QED) is 0.0866. The standard InChI is InChI=1S/C36H67N/c1-5-7-9-11-13-15-16-17-18-19-20-21-22-24-26-28-32-36(33-29-35(30-34-36)37(3)4)31-27-25-23-14-12-10-8-6-2/h6,13,15,17-18,35H,2,5,7-12,14,16,19-34H2,1,3-4H3/b15-13-,18-17-. The second-order valence-electron chi connectivity index (χ2n) is 12.5. The summed E-state index contributed by atoms with van der Waals surface area (Å²) in [4.78, 5) is 2.48. The first-order chi connectivity index (χ1) is 18.1. The highest BCUT2D eigenvalue weighted by Gasteiger charge is 2.34. The highest BCUT2D eigenvalue weighted by atomic mass is 15.1. The zero-order chi connectivity index (χ0) is 26.9. The van der Waals surface area contributed by atoms with Crippen molar-refractivity contribution in [3.05, 3.63) is 37.0 Å². The molecule has 37 heavy (non-hydrogen) atoms. The van der Waals surface area contributed by atoms with Crippen LogP contribution >= 0.6 is 0 Å². The van der Waals surface area contributed by atoms with Gasteiger partial charge in [0.1, 0.15) is 0 Å². The minimum absolute atomic E-state index is 0.671. The summed E-state index contributed by atoms with van der Waals surface area (Å²) in [5.74, 6) is 0. The van der Waals surface area contributed by atoms with E-state index in [2.05, 4.69) is 62.9 Å². The van der Waals surface area contributed by atoms with E-state index in [0.29, 0.717) is 5.41 Å². The van der Waals surface area contributed by atoms with E-state index in [9.17, 15) is 0 Å². The van der Waals surface area contributed by atoms with Crippen molar-refractivity contribution in [3.63, 3.8) is 0 Å². The van der Waals surface area contributed by atoms with Crippen LogP contribution in [0.15, 0.2) is 37.0 Å². The summed E-state index contributed by atoms with van der Waals surface area (Å²) in [6.07, 6.45) is 46.4. The van der Waals surface area contributed by atoms with Gasteiger partial charge in [0, 0.05) is 6.04 Å². The first-order valence-electron chi connectivity index (χ1n) is 16.7. The maximum Gasteiger partial charge on any atom is 0.00895 e. The summed E-state index contributed by atoms with van der Waals surface area (Å²) in [6.45, 7) is 6.12. The highest BCUT2D eigenvalue weighted by Crippen LogP contribution is 2.45. The molecule has 1 heteroatoms. The number of nitrogens with zero attached hydrogens (tertiary/aromatic N) is 1. The summed E-state index contributed by atoms with van der Waals surface area (Å²) < 4.78 is 0. The Morgan fingerprint density at radius 2 is 1.08 bits per heavy atom. The number of unbranched alkanes of at least 4 members (excludes halogenated alkanes) is 15. The van der Waals surface area contributed by atoms with E-state index < -0.39 is 0 Å². The van der Waals surface area contributed by atoms with Crippen molar-refractivity contribution in [3.8, 4) is 0 Å². The van der Waals surface area contributed by atoms with Gasteiger partial charge < -0.3 is 4.90 Å². The van der Waals surface area contributed by atoms with Gasteiger partial charge in [0.05, 0.1) is 0 Å². The molecule has 0 N–H and O–H groups in total. The van der Waals surface area contributed by atoms with Crippen LogP contribution in [0.1, 0.15) is 167 Å². The third kappa shape index (κ3) is 19.0. The van der Waals surface area contributed by atoms with E-state index in [1.807, 2.05) is 0 Å². The van der Waals surface area contributed by atoms with E-state index in [1.54, 1.807) is 0 Å². The van der Waals surface area contributed by atoms with Crippen LogP contribution in [0.25, 0.3) is 0 Å². The van der Waals surface area contributed by atoms with Crippen LogP contribution in [0.5, 0.6) is 0 Å². The fraction of sp³-hybridized carbons (Fsp3) is 0.833. The van der Waals surface area contributed by atoms with Crippen molar-refractivity contribution in [2.45, 2.75) is 173 Å². The summed E-state index contributed by atoms with van der Waals surface area (Å²) in [5, 5.41) is 0. The third-order valence-corrected chi connectivity index (χ3v) is 9.02. The molecule has 0 saturated heterocycles. The molecular formula is C36H67N. The van der Waals surface area contributed by atoms with Crippen molar-refractivity contribution in [2.24, 2.45) is 5.41 Å². The fourth-order valence-corrected chi connectivity index (χ4v) is 6.34. The maximum absolute atomic E-state index is 3.85. The minimum atomic E-state index is 0.671. The summed E-state index contributed by atoms with van der Waals surface area (Å²) >= 11 is 0. The molecule has 0 atom stereocenters. The van der Waals surface area contributed by atoms with Gasteiger partial charge in [-0.05, 0) is 103 Å². The molecule has 0 radical (unpaired) electrons. The summed E-state index contributed by atoms with van der Waals surface area (Å²) in [6, 6.07) is 0.828. The van der Waals surface area contributed by atoms with Crippen LogP contribution in [0.3, 0.4) is 0 Å². The van der Waals surface area contributed by atoms with E-state index in [4.69, 9.17) is 0 Å². The minimum Gasteiger partial charge on any atom is -0.306 e. The lowest BCUT2D eigenvalue weighted by Crippen LogP contribution is -2.37. The normalized spacial score (nSPS) is 20.5. The molecule has 0 aromatic carbocycles. The Kier molecular flexibility index (Phi) is 22.4. The third-order valence-electron chi connectivity index (χ3n) is 9.02. The van der Waals surface area contributed by atoms with Crippen molar-refractivity contribution in [2.75, 3.05) is 14.1 Å². The molecule has 0 bridgehead atoms. The average molecular weight is 514 g/mol. The first-order valence-corrected chi connectivity index (χ1v) is 16.7. The Bertz CT molecular complexity index is 549. The zero-order valence-electron chi connectivity index (χ0n) is 25.8. The Balaban J connectivity index is 2.14. The molecule has 1 saturated carbocycles. The van der Waals surface area contributed by atoms with E-state index in [0.717, 1.165) is 12.5 Å². The van der Waals surface area contributed by atoms with E-state index >= 15 is 0 Å². The zero-order valence-corrected chi connectivity index (χ0v) is 25.8. The monoisotopic (exact) mass is 514 g/mol. The van der Waals surface area contributed by atoms with Gasteiger partial charge in [-0.2, -0.15) is 0 Å². The lowest BCUT2D eigenvalue weighted by atomic mass is 9.66. The Labute approximate surface area is 234 Å². The predicted octanol–water partition coefficient (Wildman–Crippen LogP) is 12.0. The van der Waals surface area contributed by atoms with Crippen molar-refractivity contribution in [1.29, 1.82) is 0 Å². The molecule has 0 heterocycles. The van der Waals surface area contributed by atoms with Gasteiger partial charge in [0.15, 0.2) is 0 Å². The van der Waals surface area contributed by atoms with Crippen LogP contribution in [0, 0.1) is 5.41 Å². The SMILES string of the molecule is C=CCCCCCCCCC1(CCCCCCCC/C=C\C/C=C\CCCCC)CCC(N(C)C)CC1. The molecule has 1 fully saturated rings. The molecule has 0 aromatic heterocycles. The molecule has 1 rings (SSSR count). The van der Waals surface area contributed by atoms with Crippen LogP contribution in [0.4, 0.5) is 0 Å². The number of hydrogen-bond acceptors (Lipinski definition) is 1. The molecule has 0 spiro atoms. The molecule has 1 aliphatic rings. The first kappa shape index (κ1) is 34.2. The molecule has 0 aromatic rings. The van der Waals surface area contributed by atoms with Gasteiger partial charge in [0.2, 0.25) is 0 Å². The average Bonchev–Trinajstić information content (AvgIpc) is 2.90. The van der Waals surface area contributed by atoms with Gasteiger partial charge in [-0.25, -0.2) is 0 Å². The topological polar surface area (TPSA) is 3.24 Å². The predicted molar refractivity (Wildman–Crippen MR) is 169 cm³/mol. The Morgan fingerprint density at radius 1 is 0.622 bits per heavy atom. The van der Waals surface area contributed by atoms with Gasteiger partial charge in [0.25, 0.3) is 0 Å². The number of rotatable bonds is 25. The highest BCUT2D eigenvalue weighted by molar-refractivity contribution is 4.92. The molecule has 1 nitrogen and oxygen atoms in total. The van der Waals surface area contributed by atoms with Crippen LogP contribution in [-0.4, -0.2) is 25.0 Å².